The highest BCUT2D eigenvalue weighted by Gasteiger charge is 2.27. The fourth-order valence-electron chi connectivity index (χ4n) is 3.05. The van der Waals surface area contributed by atoms with Crippen LogP contribution in [0.3, 0.4) is 0 Å². The first-order valence-electron chi connectivity index (χ1n) is 8.81. The van der Waals surface area contributed by atoms with Crippen molar-refractivity contribution in [1.29, 1.82) is 0 Å². The molecule has 0 aromatic heterocycles. The van der Waals surface area contributed by atoms with Crippen LogP contribution in [0.2, 0.25) is 0 Å². The predicted octanol–water partition coefficient (Wildman–Crippen LogP) is 3.82. The number of nitrogens with zero attached hydrogens (tertiary/aromatic N) is 1. The van der Waals surface area contributed by atoms with Crippen LogP contribution in [-0.2, 0) is 10.1 Å². The number of aldehydes is 1. The molecule has 0 saturated heterocycles. The minimum atomic E-state index is -3.95. The molecule has 6 nitrogen and oxygen atoms in total. The summed E-state index contributed by atoms with van der Waals surface area (Å²) in [7, 11) is -3.95. The second-order valence-corrected chi connectivity index (χ2v) is 9.19. The molecule has 0 saturated carbocycles. The summed E-state index contributed by atoms with van der Waals surface area (Å²) < 4.78 is 30.7. The normalized spacial score (nSPS) is 16.5. The predicted molar refractivity (Wildman–Crippen MR) is 112 cm³/mol. The molecule has 1 unspecified atom stereocenters. The first kappa shape index (κ1) is 20.4. The van der Waals surface area contributed by atoms with Crippen LogP contribution in [0.5, 0.6) is 5.75 Å². The molecule has 2 aromatic rings. The van der Waals surface area contributed by atoms with Gasteiger partial charge in [-0.3, -0.25) is 9.35 Å². The molecule has 0 spiro atoms. The van der Waals surface area contributed by atoms with E-state index in [0.29, 0.717) is 30.5 Å². The number of thioether (sulfide) groups is 1. The van der Waals surface area contributed by atoms with Gasteiger partial charge in [-0.25, -0.2) is 0 Å². The van der Waals surface area contributed by atoms with Crippen molar-refractivity contribution in [2.45, 2.75) is 23.1 Å². The number of anilines is 1. The Morgan fingerprint density at radius 2 is 1.93 bits per heavy atom. The zero-order valence-electron chi connectivity index (χ0n) is 15.1. The summed E-state index contributed by atoms with van der Waals surface area (Å²) in [6, 6.07) is 12.6. The van der Waals surface area contributed by atoms with Crippen molar-refractivity contribution in [3.05, 3.63) is 59.7 Å². The van der Waals surface area contributed by atoms with Crippen LogP contribution in [0.4, 0.5) is 5.69 Å². The van der Waals surface area contributed by atoms with E-state index in [2.05, 4.69) is 4.90 Å². The van der Waals surface area contributed by atoms with Crippen molar-refractivity contribution >= 4 is 39.9 Å². The van der Waals surface area contributed by atoms with Gasteiger partial charge in [0.25, 0.3) is 10.1 Å². The van der Waals surface area contributed by atoms with Crippen LogP contribution >= 0.6 is 11.8 Å². The van der Waals surface area contributed by atoms with Crippen LogP contribution < -0.4 is 4.90 Å². The number of carbonyl (C=O) groups excluding carboxylic acids is 1. The Hall–Kier alpha value is -2.29. The zero-order valence-corrected chi connectivity index (χ0v) is 16.7. The molecule has 28 heavy (non-hydrogen) atoms. The monoisotopic (exact) mass is 419 g/mol. The van der Waals surface area contributed by atoms with Crippen molar-refractivity contribution in [2.24, 2.45) is 0 Å². The molecule has 0 radical (unpaired) electrons. The number of aromatic hydroxyl groups is 1. The molecule has 0 aliphatic carbocycles. The number of para-hydroxylation sites is 1. The molecule has 0 bridgehead atoms. The molecule has 1 heterocycles. The molecular formula is C20H21NO5S2. The summed E-state index contributed by atoms with van der Waals surface area (Å²) in [6.45, 7) is 0.634. The van der Waals surface area contributed by atoms with Crippen molar-refractivity contribution < 1.29 is 22.9 Å². The van der Waals surface area contributed by atoms with Gasteiger partial charge in [-0.2, -0.15) is 8.42 Å². The van der Waals surface area contributed by atoms with Crippen LogP contribution in [0.25, 0.3) is 6.08 Å². The molecule has 8 heteroatoms. The molecule has 0 amide bonds. The number of hydrogen-bond donors (Lipinski definition) is 2. The van der Waals surface area contributed by atoms with Crippen molar-refractivity contribution in [3.63, 3.8) is 0 Å². The minimum Gasteiger partial charge on any atom is -0.507 e. The van der Waals surface area contributed by atoms with Gasteiger partial charge < -0.3 is 10.0 Å². The number of phenolic OH excluding ortho intramolecular Hbond substituents is 1. The Morgan fingerprint density at radius 1 is 1.14 bits per heavy atom. The van der Waals surface area contributed by atoms with E-state index in [-0.39, 0.29) is 16.9 Å². The second kappa shape index (κ2) is 8.81. The Labute approximate surface area is 168 Å². The minimum absolute atomic E-state index is 0.0255. The lowest BCUT2D eigenvalue weighted by atomic mass is 10.1. The average Bonchev–Trinajstić information content (AvgIpc) is 3.01. The zero-order chi connectivity index (χ0) is 20.1. The molecule has 2 N–H and O–H groups in total. The highest BCUT2D eigenvalue weighted by molar-refractivity contribution is 8.00. The van der Waals surface area contributed by atoms with Gasteiger partial charge in [0.1, 0.15) is 12.0 Å². The number of carbonyl (C=O) groups is 1. The Balaban J connectivity index is 1.76. The van der Waals surface area contributed by atoms with Crippen molar-refractivity contribution in [2.75, 3.05) is 17.2 Å². The van der Waals surface area contributed by atoms with E-state index >= 15 is 0 Å². The number of unbranched alkanes of at least 4 members (excludes halogenated alkanes) is 1. The standard InChI is InChI=1S/C20H21NO5S2/c22-14-15-7-9-18(23)16(13-15)8-10-20-21(11-3-4-12-28(24,25)26)17-5-1-2-6-19(17)27-20/h1-2,5-10,13-14,20,23H,3-4,11-12H2,(H,24,25,26)/b10-8+. The van der Waals surface area contributed by atoms with Gasteiger partial charge in [0.15, 0.2) is 0 Å². The summed E-state index contributed by atoms with van der Waals surface area (Å²) in [5, 5.41) is 10.00. The van der Waals surface area contributed by atoms with E-state index in [0.717, 1.165) is 16.9 Å². The number of benzene rings is 2. The lowest BCUT2D eigenvalue weighted by molar-refractivity contribution is 0.112. The largest absolute Gasteiger partial charge is 0.507 e. The van der Waals surface area contributed by atoms with E-state index in [1.54, 1.807) is 30.0 Å². The van der Waals surface area contributed by atoms with Crippen LogP contribution in [0.15, 0.2) is 53.4 Å². The quantitative estimate of drug-likeness (QED) is 0.381. The van der Waals surface area contributed by atoms with Crippen molar-refractivity contribution in [3.8, 4) is 5.75 Å². The fraction of sp³-hybridized carbons (Fsp3) is 0.250. The summed E-state index contributed by atoms with van der Waals surface area (Å²) in [5.41, 5.74) is 2.12. The molecule has 148 valence electrons. The van der Waals surface area contributed by atoms with Crippen LogP contribution in [0.1, 0.15) is 28.8 Å². The maximum absolute atomic E-state index is 11.0. The smallest absolute Gasteiger partial charge is 0.264 e. The first-order chi connectivity index (χ1) is 13.4. The lowest BCUT2D eigenvalue weighted by Crippen LogP contribution is -2.29. The fourth-order valence-corrected chi connectivity index (χ4v) is 4.84. The summed E-state index contributed by atoms with van der Waals surface area (Å²) in [6.07, 6.45) is 5.47. The second-order valence-electron chi connectivity index (χ2n) is 6.46. The van der Waals surface area contributed by atoms with Crippen LogP contribution in [0, 0.1) is 0 Å². The topological polar surface area (TPSA) is 94.9 Å². The maximum Gasteiger partial charge on any atom is 0.264 e. The van der Waals surface area contributed by atoms with E-state index in [1.165, 1.54) is 6.07 Å². The highest BCUT2D eigenvalue weighted by atomic mass is 32.2. The number of fused-ring (bicyclic) bond motifs is 1. The molecule has 1 aliphatic rings. The number of rotatable bonds is 8. The third-order valence-electron chi connectivity index (χ3n) is 4.41. The van der Waals surface area contributed by atoms with Crippen molar-refractivity contribution in [1.82, 2.24) is 0 Å². The average molecular weight is 420 g/mol. The molecule has 1 aliphatic heterocycles. The molecule has 0 fully saturated rings. The SMILES string of the molecule is O=Cc1ccc(O)c(/C=C/C2Sc3ccccc3N2CCCCS(=O)(=O)O)c1. The number of hydrogen-bond acceptors (Lipinski definition) is 6. The molecule has 2 aromatic carbocycles. The summed E-state index contributed by atoms with van der Waals surface area (Å²) in [4.78, 5) is 14.3. The maximum atomic E-state index is 11.0. The van der Waals surface area contributed by atoms with Gasteiger partial charge in [-0.1, -0.05) is 36.0 Å². The summed E-state index contributed by atoms with van der Waals surface area (Å²) in [5.74, 6) is -0.148. The first-order valence-corrected chi connectivity index (χ1v) is 11.3. The van der Waals surface area contributed by atoms with E-state index in [4.69, 9.17) is 4.55 Å². The van der Waals surface area contributed by atoms with Gasteiger partial charge in [0.05, 0.1) is 16.8 Å². The Morgan fingerprint density at radius 3 is 2.68 bits per heavy atom. The van der Waals surface area contributed by atoms with Crippen LogP contribution in [-0.4, -0.2) is 42.0 Å². The van der Waals surface area contributed by atoms with E-state index < -0.39 is 10.1 Å². The summed E-state index contributed by atoms with van der Waals surface area (Å²) >= 11 is 1.66. The Bertz CT molecular complexity index is 988. The highest BCUT2D eigenvalue weighted by Crippen LogP contribution is 2.44. The number of phenols is 1. The van der Waals surface area contributed by atoms with E-state index in [1.807, 2.05) is 30.3 Å². The van der Waals surface area contributed by atoms with E-state index in [9.17, 15) is 18.3 Å². The molecule has 1 atom stereocenters. The third-order valence-corrected chi connectivity index (χ3v) is 6.47. The van der Waals surface area contributed by atoms with Gasteiger partial charge in [-0.15, -0.1) is 0 Å². The lowest BCUT2D eigenvalue weighted by Gasteiger charge is -2.24. The van der Waals surface area contributed by atoms with Gasteiger partial charge >= 0.3 is 0 Å². The van der Waals surface area contributed by atoms with Gasteiger partial charge in [0.2, 0.25) is 0 Å². The van der Waals surface area contributed by atoms with Gasteiger partial charge in [0, 0.05) is 22.6 Å². The third kappa shape index (κ3) is 5.15. The van der Waals surface area contributed by atoms with Gasteiger partial charge in [-0.05, 0) is 43.2 Å². The molecular weight excluding hydrogens is 398 g/mol. The Kier molecular flexibility index (Phi) is 6.43. The molecule has 3 rings (SSSR count).